The number of pyridine rings is 1. The Kier molecular flexibility index (Phi) is 5.51. The number of nitrogens with one attached hydrogen (secondary N) is 1. The molecule has 1 aromatic heterocycles. The van der Waals surface area contributed by atoms with Crippen molar-refractivity contribution in [1.29, 1.82) is 0 Å². The van der Waals surface area contributed by atoms with Gasteiger partial charge in [0.1, 0.15) is 5.82 Å². The summed E-state index contributed by atoms with van der Waals surface area (Å²) >= 11 is 0. The van der Waals surface area contributed by atoms with Crippen LogP contribution < -0.4 is 10.2 Å². The first-order valence-corrected chi connectivity index (χ1v) is 10.8. The van der Waals surface area contributed by atoms with E-state index >= 15 is 0 Å². The summed E-state index contributed by atoms with van der Waals surface area (Å²) in [4.78, 5) is 33.8. The number of fused-ring (bicyclic) bond motifs is 3. The molecule has 3 amide bonds. The number of carbonyl (C=O) groups is 2. The van der Waals surface area contributed by atoms with Crippen molar-refractivity contribution in [2.45, 2.75) is 24.4 Å². The summed E-state index contributed by atoms with van der Waals surface area (Å²) in [5, 5.41) is 12.8. The van der Waals surface area contributed by atoms with Crippen LogP contribution in [0.3, 0.4) is 0 Å². The molecular formula is C25H23FN4O3. The highest BCUT2D eigenvalue weighted by Crippen LogP contribution is 2.48. The molecule has 33 heavy (non-hydrogen) atoms. The lowest BCUT2D eigenvalue weighted by Gasteiger charge is -2.58. The SMILES string of the molecule is O=C(Nc1cccc(F)c1)N1C[C@H]2[C@@H](c3ccccc31)[C@H](CO)N2C(=O)Cc1ccccn1. The third-order valence-corrected chi connectivity index (χ3v) is 6.35. The fraction of sp³-hybridized carbons (Fsp3) is 0.240. The van der Waals surface area contributed by atoms with Crippen LogP contribution in [0.15, 0.2) is 72.9 Å². The smallest absolute Gasteiger partial charge is 0.326 e. The first-order chi connectivity index (χ1) is 16.1. The maximum absolute atomic E-state index is 13.6. The summed E-state index contributed by atoms with van der Waals surface area (Å²) in [7, 11) is 0. The molecule has 7 nitrogen and oxygen atoms in total. The van der Waals surface area contributed by atoms with Crippen LogP contribution in [0.4, 0.5) is 20.6 Å². The summed E-state index contributed by atoms with van der Waals surface area (Å²) in [6.45, 7) is 0.103. The Balaban J connectivity index is 1.42. The summed E-state index contributed by atoms with van der Waals surface area (Å²) in [5.41, 5.74) is 2.64. The van der Waals surface area contributed by atoms with E-state index in [1.807, 2.05) is 30.3 Å². The molecule has 3 aromatic rings. The number of aromatic nitrogens is 1. The Morgan fingerprint density at radius 2 is 1.91 bits per heavy atom. The minimum Gasteiger partial charge on any atom is -0.394 e. The van der Waals surface area contributed by atoms with Crippen molar-refractivity contribution in [3.63, 3.8) is 0 Å². The zero-order chi connectivity index (χ0) is 22.9. The van der Waals surface area contributed by atoms with Crippen molar-refractivity contribution in [2.75, 3.05) is 23.4 Å². The number of likely N-dealkylation sites (tertiary alicyclic amines) is 1. The van der Waals surface area contributed by atoms with Crippen molar-refractivity contribution in [3.8, 4) is 0 Å². The monoisotopic (exact) mass is 446 g/mol. The Hall–Kier alpha value is -3.78. The number of aliphatic hydroxyl groups is 1. The molecule has 3 heterocycles. The lowest BCUT2D eigenvalue weighted by atomic mass is 9.71. The second-order valence-corrected chi connectivity index (χ2v) is 8.25. The maximum Gasteiger partial charge on any atom is 0.326 e. The second kappa shape index (κ2) is 8.63. The number of nitrogens with zero attached hydrogens (tertiary/aromatic N) is 3. The van der Waals surface area contributed by atoms with Gasteiger partial charge >= 0.3 is 6.03 Å². The fourth-order valence-electron chi connectivity index (χ4n) is 4.93. The van der Waals surface area contributed by atoms with Crippen molar-refractivity contribution in [3.05, 3.63) is 90.0 Å². The first kappa shape index (κ1) is 21.1. The van der Waals surface area contributed by atoms with Crippen molar-refractivity contribution >= 4 is 23.3 Å². The molecule has 2 aromatic carbocycles. The van der Waals surface area contributed by atoms with Gasteiger partial charge < -0.3 is 15.3 Å². The number of anilines is 2. The third-order valence-electron chi connectivity index (χ3n) is 6.35. The van der Waals surface area contributed by atoms with Crippen LogP contribution in [0.25, 0.3) is 0 Å². The number of hydrogen-bond acceptors (Lipinski definition) is 4. The van der Waals surface area contributed by atoms with Crippen molar-refractivity contribution < 1.29 is 19.1 Å². The average Bonchev–Trinajstić information content (AvgIpc) is 2.80. The highest BCUT2D eigenvalue weighted by atomic mass is 19.1. The molecule has 0 saturated carbocycles. The van der Waals surface area contributed by atoms with E-state index in [1.165, 1.54) is 18.2 Å². The summed E-state index contributed by atoms with van der Waals surface area (Å²) < 4.78 is 13.6. The predicted octanol–water partition coefficient (Wildman–Crippen LogP) is 3.17. The number of aliphatic hydroxyl groups excluding tert-OH is 1. The molecule has 0 spiro atoms. The molecule has 8 heteroatoms. The van der Waals surface area contributed by atoms with E-state index in [4.69, 9.17) is 0 Å². The number of urea groups is 1. The Labute approximate surface area is 190 Å². The normalized spacial score (nSPS) is 21.0. The summed E-state index contributed by atoms with van der Waals surface area (Å²) in [5.74, 6) is -0.654. The number of hydrogen-bond donors (Lipinski definition) is 2. The Morgan fingerprint density at radius 3 is 2.67 bits per heavy atom. The van der Waals surface area contributed by atoms with Gasteiger partial charge in [0, 0.05) is 35.7 Å². The van der Waals surface area contributed by atoms with Crippen LogP contribution in [0.1, 0.15) is 17.2 Å². The van der Waals surface area contributed by atoms with Crippen LogP contribution in [-0.2, 0) is 11.2 Å². The molecule has 3 atom stereocenters. The van der Waals surface area contributed by atoms with E-state index in [0.717, 1.165) is 11.3 Å². The summed E-state index contributed by atoms with van der Waals surface area (Å²) in [6, 6.07) is 17.6. The second-order valence-electron chi connectivity index (χ2n) is 8.25. The van der Waals surface area contributed by atoms with Gasteiger partial charge in [-0.15, -0.1) is 0 Å². The van der Waals surface area contributed by atoms with Gasteiger partial charge in [-0.05, 0) is 42.0 Å². The molecule has 0 unspecified atom stereocenters. The molecule has 2 aliphatic heterocycles. The number of halogens is 1. The number of amides is 3. The van der Waals surface area contributed by atoms with Gasteiger partial charge in [-0.2, -0.15) is 0 Å². The Bertz CT molecular complexity index is 1190. The van der Waals surface area contributed by atoms with Gasteiger partial charge in [0.2, 0.25) is 5.91 Å². The van der Waals surface area contributed by atoms with E-state index in [0.29, 0.717) is 11.4 Å². The molecule has 2 N–H and O–H groups in total. The van der Waals surface area contributed by atoms with E-state index in [2.05, 4.69) is 10.3 Å². The standard InChI is InChI=1S/C25H23FN4O3/c26-16-6-5-8-18(12-16)28-25(33)29-14-21-24(19-9-1-2-10-20(19)29)22(15-31)30(21)23(32)13-17-7-3-4-11-27-17/h1-12,21-22,24,31H,13-15H2,(H,28,33)/t21-,22-,24+/m0/s1. The molecule has 0 bridgehead atoms. The Morgan fingerprint density at radius 1 is 1.09 bits per heavy atom. The van der Waals surface area contributed by atoms with Gasteiger partial charge in [0.05, 0.1) is 25.1 Å². The van der Waals surface area contributed by atoms with Gasteiger partial charge in [-0.1, -0.05) is 30.3 Å². The minimum atomic E-state index is -0.442. The zero-order valence-electron chi connectivity index (χ0n) is 17.8. The topological polar surface area (TPSA) is 85.8 Å². The van der Waals surface area contributed by atoms with Gasteiger partial charge in [-0.25, -0.2) is 9.18 Å². The van der Waals surface area contributed by atoms with Crippen LogP contribution in [0.2, 0.25) is 0 Å². The third kappa shape index (κ3) is 3.82. The van der Waals surface area contributed by atoms with Gasteiger partial charge in [0.25, 0.3) is 0 Å². The lowest BCUT2D eigenvalue weighted by molar-refractivity contribution is -0.149. The highest BCUT2D eigenvalue weighted by molar-refractivity contribution is 6.03. The van der Waals surface area contributed by atoms with Crippen molar-refractivity contribution in [2.24, 2.45) is 0 Å². The van der Waals surface area contributed by atoms with E-state index in [1.54, 1.807) is 34.2 Å². The molecular weight excluding hydrogens is 423 g/mol. The quantitative estimate of drug-likeness (QED) is 0.645. The molecule has 1 saturated heterocycles. The molecule has 0 aliphatic carbocycles. The maximum atomic E-state index is 13.6. The largest absolute Gasteiger partial charge is 0.394 e. The predicted molar refractivity (Wildman–Crippen MR) is 121 cm³/mol. The fourth-order valence-corrected chi connectivity index (χ4v) is 4.93. The van der Waals surface area contributed by atoms with E-state index < -0.39 is 11.8 Å². The van der Waals surface area contributed by atoms with E-state index in [9.17, 15) is 19.1 Å². The summed E-state index contributed by atoms with van der Waals surface area (Å²) in [6.07, 6.45) is 1.76. The van der Waals surface area contributed by atoms with Crippen LogP contribution in [0, 0.1) is 5.82 Å². The first-order valence-electron chi connectivity index (χ1n) is 10.8. The number of carbonyl (C=O) groups excluding carboxylic acids is 2. The zero-order valence-corrected chi connectivity index (χ0v) is 17.8. The van der Waals surface area contributed by atoms with Crippen LogP contribution in [0.5, 0.6) is 0 Å². The van der Waals surface area contributed by atoms with Gasteiger partial charge in [-0.3, -0.25) is 14.7 Å². The number of para-hydroxylation sites is 1. The molecule has 0 radical (unpaired) electrons. The minimum absolute atomic E-state index is 0.0721. The highest BCUT2D eigenvalue weighted by Gasteiger charge is 2.55. The van der Waals surface area contributed by atoms with Gasteiger partial charge in [0.15, 0.2) is 0 Å². The number of benzene rings is 2. The molecule has 168 valence electrons. The average molecular weight is 446 g/mol. The molecule has 5 rings (SSSR count). The molecule has 1 fully saturated rings. The molecule has 2 aliphatic rings. The lowest BCUT2D eigenvalue weighted by Crippen LogP contribution is -2.71. The number of rotatable bonds is 4. The van der Waals surface area contributed by atoms with Crippen LogP contribution >= 0.6 is 0 Å². The van der Waals surface area contributed by atoms with Crippen LogP contribution in [-0.4, -0.2) is 52.2 Å². The van der Waals surface area contributed by atoms with Crippen molar-refractivity contribution in [1.82, 2.24) is 9.88 Å². The van der Waals surface area contributed by atoms with E-state index in [-0.39, 0.29) is 43.5 Å².